The van der Waals surface area contributed by atoms with Crippen LogP contribution in [-0.2, 0) is 0 Å². The van der Waals surface area contributed by atoms with Crippen LogP contribution >= 0.6 is 0 Å². The van der Waals surface area contributed by atoms with E-state index in [0.29, 0.717) is 6.04 Å². The molecule has 1 unspecified atom stereocenters. The van der Waals surface area contributed by atoms with Crippen LogP contribution in [0.15, 0.2) is 41.2 Å². The topological polar surface area (TPSA) is 15.6 Å². The Labute approximate surface area is 72.6 Å². The van der Waals surface area contributed by atoms with Gasteiger partial charge >= 0.3 is 0 Å². The number of fused-ring (bicyclic) bond motifs is 1. The van der Waals surface area contributed by atoms with E-state index in [4.69, 9.17) is 0 Å². The second-order valence-corrected chi connectivity index (χ2v) is 3.16. The van der Waals surface area contributed by atoms with Crippen molar-refractivity contribution >= 4 is 5.71 Å². The van der Waals surface area contributed by atoms with Crippen molar-refractivity contribution in [3.63, 3.8) is 0 Å². The summed E-state index contributed by atoms with van der Waals surface area (Å²) in [6.45, 7) is 2.02. The van der Waals surface area contributed by atoms with Crippen LogP contribution in [0, 0.1) is 0 Å². The third-order valence-corrected chi connectivity index (χ3v) is 2.11. The molecule has 1 atom stereocenters. The normalized spacial score (nSPS) is 26.5. The van der Waals surface area contributed by atoms with Gasteiger partial charge in [-0.2, -0.15) is 0 Å². The molecule has 0 aromatic heterocycles. The SMILES string of the molecule is CC1=CN(C)C2C=CC=CC2=N1. The molecule has 0 fully saturated rings. The van der Waals surface area contributed by atoms with Crippen LogP contribution in [0.3, 0.4) is 0 Å². The van der Waals surface area contributed by atoms with E-state index in [2.05, 4.69) is 41.4 Å². The lowest BCUT2D eigenvalue weighted by molar-refractivity contribution is 0.445. The van der Waals surface area contributed by atoms with E-state index in [1.54, 1.807) is 0 Å². The van der Waals surface area contributed by atoms with Gasteiger partial charge in [-0.1, -0.05) is 18.2 Å². The lowest BCUT2D eigenvalue weighted by Gasteiger charge is -2.29. The Kier molecular flexibility index (Phi) is 1.61. The Morgan fingerprint density at radius 3 is 3.08 bits per heavy atom. The number of hydrogen-bond acceptors (Lipinski definition) is 2. The molecule has 2 aliphatic rings. The van der Waals surface area contributed by atoms with Crippen molar-refractivity contribution in [2.45, 2.75) is 13.0 Å². The first kappa shape index (κ1) is 7.35. The summed E-state index contributed by atoms with van der Waals surface area (Å²) in [5.41, 5.74) is 2.21. The zero-order chi connectivity index (χ0) is 8.55. The first-order chi connectivity index (χ1) is 5.77. The van der Waals surface area contributed by atoms with E-state index >= 15 is 0 Å². The number of aliphatic imine (C=N–C) groups is 1. The summed E-state index contributed by atoms with van der Waals surface area (Å²) in [6, 6.07) is 0.346. The molecule has 0 spiro atoms. The highest BCUT2D eigenvalue weighted by molar-refractivity contribution is 6.03. The van der Waals surface area contributed by atoms with E-state index in [0.717, 1.165) is 11.4 Å². The van der Waals surface area contributed by atoms with Crippen LogP contribution in [0.1, 0.15) is 6.92 Å². The third-order valence-electron chi connectivity index (χ3n) is 2.11. The zero-order valence-corrected chi connectivity index (χ0v) is 7.36. The largest absolute Gasteiger partial charge is 0.367 e. The first-order valence-electron chi connectivity index (χ1n) is 4.11. The van der Waals surface area contributed by atoms with Crippen molar-refractivity contribution in [1.29, 1.82) is 0 Å². The molecular weight excluding hydrogens is 148 g/mol. The number of hydrogen-bond donors (Lipinski definition) is 0. The Morgan fingerprint density at radius 2 is 2.25 bits per heavy atom. The maximum atomic E-state index is 4.45. The van der Waals surface area contributed by atoms with Crippen molar-refractivity contribution in [3.8, 4) is 0 Å². The molecule has 2 heteroatoms. The summed E-state index contributed by atoms with van der Waals surface area (Å²) in [5.74, 6) is 0. The van der Waals surface area contributed by atoms with Crippen LogP contribution in [0.5, 0.6) is 0 Å². The van der Waals surface area contributed by atoms with Gasteiger partial charge in [0.15, 0.2) is 0 Å². The lowest BCUT2D eigenvalue weighted by Crippen LogP contribution is -2.35. The van der Waals surface area contributed by atoms with Crippen LogP contribution in [-0.4, -0.2) is 23.7 Å². The van der Waals surface area contributed by atoms with Gasteiger partial charge in [0.1, 0.15) is 0 Å². The highest BCUT2D eigenvalue weighted by atomic mass is 15.1. The molecule has 0 radical (unpaired) electrons. The molecule has 0 bridgehead atoms. The highest BCUT2D eigenvalue weighted by Crippen LogP contribution is 2.16. The average Bonchev–Trinajstić information content (AvgIpc) is 2.04. The Balaban J connectivity index is 2.38. The minimum Gasteiger partial charge on any atom is -0.367 e. The van der Waals surface area contributed by atoms with Gasteiger partial charge < -0.3 is 4.90 Å². The summed E-state index contributed by atoms with van der Waals surface area (Å²) in [6.07, 6.45) is 10.4. The molecule has 0 N–H and O–H groups in total. The van der Waals surface area contributed by atoms with Crippen molar-refractivity contribution in [2.75, 3.05) is 7.05 Å². The molecule has 62 valence electrons. The second kappa shape index (κ2) is 2.63. The van der Waals surface area contributed by atoms with Crippen LogP contribution < -0.4 is 0 Å². The summed E-state index contributed by atoms with van der Waals surface area (Å²) < 4.78 is 0. The Morgan fingerprint density at radius 1 is 1.42 bits per heavy atom. The molecule has 0 aromatic carbocycles. The van der Waals surface area contributed by atoms with Gasteiger partial charge in [0, 0.05) is 13.2 Å². The quantitative estimate of drug-likeness (QED) is 0.527. The Bertz CT molecular complexity index is 308. The molecule has 12 heavy (non-hydrogen) atoms. The third kappa shape index (κ3) is 1.09. The maximum Gasteiger partial charge on any atom is 0.0892 e. The predicted octanol–water partition coefficient (Wildman–Crippen LogP) is 1.73. The molecular formula is C10H12N2. The molecule has 1 aliphatic carbocycles. The molecule has 1 aliphatic heterocycles. The molecule has 0 amide bonds. The molecule has 0 aromatic rings. The van der Waals surface area contributed by atoms with Crippen molar-refractivity contribution in [2.24, 2.45) is 4.99 Å². The van der Waals surface area contributed by atoms with Gasteiger partial charge in [-0.25, -0.2) is 0 Å². The summed E-state index contributed by atoms with van der Waals surface area (Å²) in [4.78, 5) is 6.63. The van der Waals surface area contributed by atoms with Crippen molar-refractivity contribution in [1.82, 2.24) is 4.90 Å². The van der Waals surface area contributed by atoms with Gasteiger partial charge in [-0.05, 0) is 13.0 Å². The monoisotopic (exact) mass is 160 g/mol. The number of likely N-dealkylation sites (N-methyl/N-ethyl adjacent to an activating group) is 1. The predicted molar refractivity (Wildman–Crippen MR) is 51.0 cm³/mol. The van der Waals surface area contributed by atoms with Crippen molar-refractivity contribution < 1.29 is 0 Å². The van der Waals surface area contributed by atoms with E-state index < -0.39 is 0 Å². The van der Waals surface area contributed by atoms with E-state index in [1.165, 1.54) is 0 Å². The van der Waals surface area contributed by atoms with E-state index in [1.807, 2.05) is 13.0 Å². The van der Waals surface area contributed by atoms with Crippen LogP contribution in [0.4, 0.5) is 0 Å². The van der Waals surface area contributed by atoms with E-state index in [9.17, 15) is 0 Å². The van der Waals surface area contributed by atoms with Gasteiger partial charge in [-0.3, -0.25) is 4.99 Å². The summed E-state index contributed by atoms with van der Waals surface area (Å²) >= 11 is 0. The van der Waals surface area contributed by atoms with Gasteiger partial charge in [0.25, 0.3) is 0 Å². The standard InChI is InChI=1S/C10H12N2/c1-8-7-12(2)10-6-4-3-5-9(10)11-8/h3-7,10H,1-2H3. The minimum absolute atomic E-state index is 0.346. The molecule has 0 saturated carbocycles. The van der Waals surface area contributed by atoms with Crippen molar-refractivity contribution in [3.05, 3.63) is 36.2 Å². The number of nitrogens with zero attached hydrogens (tertiary/aromatic N) is 2. The number of allylic oxidation sites excluding steroid dienone is 3. The van der Waals surface area contributed by atoms with Crippen LogP contribution in [0.25, 0.3) is 0 Å². The molecule has 1 heterocycles. The van der Waals surface area contributed by atoms with Gasteiger partial charge in [-0.15, -0.1) is 0 Å². The lowest BCUT2D eigenvalue weighted by atomic mass is 10.0. The smallest absolute Gasteiger partial charge is 0.0892 e. The number of rotatable bonds is 0. The fraction of sp³-hybridized carbons (Fsp3) is 0.300. The van der Waals surface area contributed by atoms with Crippen LogP contribution in [0.2, 0.25) is 0 Å². The van der Waals surface area contributed by atoms with E-state index in [-0.39, 0.29) is 0 Å². The second-order valence-electron chi connectivity index (χ2n) is 3.16. The minimum atomic E-state index is 0.346. The summed E-state index contributed by atoms with van der Waals surface area (Å²) in [7, 11) is 2.08. The fourth-order valence-electron chi connectivity index (χ4n) is 1.58. The molecule has 0 saturated heterocycles. The van der Waals surface area contributed by atoms with Gasteiger partial charge in [0.2, 0.25) is 0 Å². The van der Waals surface area contributed by atoms with Gasteiger partial charge in [0.05, 0.1) is 17.5 Å². The fourth-order valence-corrected chi connectivity index (χ4v) is 1.58. The first-order valence-corrected chi connectivity index (χ1v) is 4.11. The molecule has 2 nitrogen and oxygen atoms in total. The summed E-state index contributed by atoms with van der Waals surface area (Å²) in [5, 5.41) is 0. The average molecular weight is 160 g/mol. The maximum absolute atomic E-state index is 4.45. The zero-order valence-electron chi connectivity index (χ0n) is 7.36. The molecule has 2 rings (SSSR count). The highest BCUT2D eigenvalue weighted by Gasteiger charge is 2.19. The Hall–Kier alpha value is -1.31.